The quantitative estimate of drug-likeness (QED) is 0.524. The van der Waals surface area contributed by atoms with Gasteiger partial charge < -0.3 is 10.2 Å². The highest BCUT2D eigenvalue weighted by Crippen LogP contribution is 2.38. The molecule has 0 spiro atoms. The van der Waals surface area contributed by atoms with Crippen molar-refractivity contribution in [3.05, 3.63) is 72.3 Å². The summed E-state index contributed by atoms with van der Waals surface area (Å²) in [5.74, 6) is -2.37. The van der Waals surface area contributed by atoms with E-state index in [-0.39, 0.29) is 23.1 Å². The number of rotatable bonds is 4. The lowest BCUT2D eigenvalue weighted by Crippen LogP contribution is -2.23. The van der Waals surface area contributed by atoms with Crippen LogP contribution in [0.15, 0.2) is 24.3 Å². The summed E-state index contributed by atoms with van der Waals surface area (Å²) < 4.78 is 0. The van der Waals surface area contributed by atoms with Crippen molar-refractivity contribution in [1.82, 2.24) is 0 Å². The van der Waals surface area contributed by atoms with Crippen molar-refractivity contribution < 1.29 is 29.6 Å². The molecule has 10 heteroatoms. The average Bonchev–Trinajstić information content (AvgIpc) is 2.58. The van der Waals surface area contributed by atoms with Gasteiger partial charge in [0.05, 0.1) is 21.5 Å². The molecular weight excluding hydrogens is 348 g/mol. The Labute approximate surface area is 144 Å². The van der Waals surface area contributed by atoms with Crippen LogP contribution < -0.4 is 0 Å². The van der Waals surface area contributed by atoms with E-state index >= 15 is 0 Å². The van der Waals surface area contributed by atoms with E-state index in [2.05, 4.69) is 0 Å². The molecule has 0 radical (unpaired) electrons. The van der Waals surface area contributed by atoms with Crippen LogP contribution in [0, 0.1) is 20.2 Å². The second-order valence-electron chi connectivity index (χ2n) is 5.56. The Kier molecular flexibility index (Phi) is 3.97. The Morgan fingerprint density at radius 1 is 0.846 bits per heavy atom. The van der Waals surface area contributed by atoms with Crippen LogP contribution in [-0.2, 0) is 6.42 Å². The Bertz CT molecular complexity index is 1010. The van der Waals surface area contributed by atoms with Gasteiger partial charge in [-0.05, 0) is 12.0 Å². The fourth-order valence-electron chi connectivity index (χ4n) is 2.96. The number of nitrogens with zero attached hydrogens (tertiary/aromatic N) is 2. The van der Waals surface area contributed by atoms with Gasteiger partial charge in [-0.25, -0.2) is 0 Å². The topological polar surface area (TPSA) is 161 Å². The monoisotopic (exact) mass is 358 g/mol. The summed E-state index contributed by atoms with van der Waals surface area (Å²) in [6.45, 7) is -0.422. The number of aliphatic hydroxyl groups excluding tert-OH is 1. The maximum atomic E-state index is 12.8. The zero-order chi connectivity index (χ0) is 19.2. The summed E-state index contributed by atoms with van der Waals surface area (Å²) in [5.41, 5.74) is -2.21. The van der Waals surface area contributed by atoms with Crippen LogP contribution in [0.4, 0.5) is 11.4 Å². The van der Waals surface area contributed by atoms with Gasteiger partial charge in [0, 0.05) is 41.5 Å². The summed E-state index contributed by atoms with van der Waals surface area (Å²) >= 11 is 0. The average molecular weight is 358 g/mol. The molecule has 2 N–H and O–H groups in total. The Morgan fingerprint density at radius 2 is 1.38 bits per heavy atom. The van der Waals surface area contributed by atoms with E-state index in [9.17, 15) is 34.9 Å². The maximum Gasteiger partial charge on any atom is 0.273 e. The van der Waals surface area contributed by atoms with Gasteiger partial charge in [0.15, 0.2) is 11.6 Å². The van der Waals surface area contributed by atoms with Crippen LogP contribution in [0.3, 0.4) is 0 Å². The van der Waals surface area contributed by atoms with E-state index in [1.807, 2.05) is 0 Å². The van der Waals surface area contributed by atoms with Gasteiger partial charge in [0.1, 0.15) is 5.75 Å². The number of ketones is 2. The van der Waals surface area contributed by atoms with Gasteiger partial charge in [-0.1, -0.05) is 0 Å². The zero-order valence-corrected chi connectivity index (χ0v) is 13.0. The number of hydrogen-bond acceptors (Lipinski definition) is 8. The molecule has 1 aliphatic rings. The summed E-state index contributed by atoms with van der Waals surface area (Å²) in [4.78, 5) is 46.0. The van der Waals surface area contributed by atoms with Crippen molar-refractivity contribution in [2.24, 2.45) is 0 Å². The molecule has 26 heavy (non-hydrogen) atoms. The summed E-state index contributed by atoms with van der Waals surface area (Å²) in [6.07, 6.45) is -0.119. The molecule has 0 heterocycles. The molecule has 10 nitrogen and oxygen atoms in total. The number of phenolic OH excluding ortho intramolecular Hbond substituents is 1. The van der Waals surface area contributed by atoms with Crippen molar-refractivity contribution >= 4 is 22.9 Å². The lowest BCUT2D eigenvalue weighted by atomic mass is 9.80. The minimum absolute atomic E-state index is 0.0819. The minimum Gasteiger partial charge on any atom is -0.507 e. The van der Waals surface area contributed by atoms with Crippen molar-refractivity contribution in [2.75, 3.05) is 6.61 Å². The van der Waals surface area contributed by atoms with Gasteiger partial charge in [-0.3, -0.25) is 29.8 Å². The molecular formula is C16H10N2O8. The van der Waals surface area contributed by atoms with Crippen molar-refractivity contribution in [3.8, 4) is 5.75 Å². The lowest BCUT2D eigenvalue weighted by Gasteiger charge is -2.20. The molecule has 0 saturated carbocycles. The van der Waals surface area contributed by atoms with Gasteiger partial charge in [-0.15, -0.1) is 0 Å². The molecule has 0 fully saturated rings. The van der Waals surface area contributed by atoms with E-state index in [4.69, 9.17) is 5.11 Å². The van der Waals surface area contributed by atoms with Crippen LogP contribution >= 0.6 is 0 Å². The number of hydrogen-bond donors (Lipinski definition) is 2. The second kappa shape index (κ2) is 6.01. The van der Waals surface area contributed by atoms with E-state index in [0.29, 0.717) is 0 Å². The summed E-state index contributed by atoms with van der Waals surface area (Å²) in [5, 5.41) is 41.2. The maximum absolute atomic E-state index is 12.8. The first-order chi connectivity index (χ1) is 12.3. The van der Waals surface area contributed by atoms with E-state index in [1.54, 1.807) is 0 Å². The molecule has 0 atom stereocenters. The zero-order valence-electron chi connectivity index (χ0n) is 13.0. The van der Waals surface area contributed by atoms with Gasteiger partial charge >= 0.3 is 0 Å². The first-order valence-corrected chi connectivity index (χ1v) is 7.29. The number of carbonyl (C=O) groups is 2. The molecule has 0 bridgehead atoms. The first kappa shape index (κ1) is 17.2. The molecule has 0 unspecified atom stereocenters. The van der Waals surface area contributed by atoms with Gasteiger partial charge in [0.2, 0.25) is 0 Å². The number of carbonyl (C=O) groups excluding carboxylic acids is 2. The number of non-ortho nitro benzene ring substituents is 2. The second-order valence-corrected chi connectivity index (χ2v) is 5.56. The largest absolute Gasteiger partial charge is 0.507 e. The summed E-state index contributed by atoms with van der Waals surface area (Å²) in [6, 6.07) is 3.60. The van der Waals surface area contributed by atoms with Crippen LogP contribution in [0.1, 0.15) is 37.4 Å². The fourth-order valence-corrected chi connectivity index (χ4v) is 2.96. The standard InChI is InChI=1S/C16H10N2O8/c19-2-1-7-3-8(17(23)24)4-10-13(7)16(22)14-11(15(10)21)5-9(18(25)26)6-12(14)20/h3-6,19-20H,1-2H2. The van der Waals surface area contributed by atoms with Crippen LogP contribution in [-0.4, -0.2) is 38.2 Å². The highest BCUT2D eigenvalue weighted by molar-refractivity contribution is 6.30. The molecule has 0 saturated heterocycles. The molecule has 1 aliphatic carbocycles. The third-order valence-electron chi connectivity index (χ3n) is 4.05. The SMILES string of the molecule is O=C1c2cc([N+](=O)[O-])cc(O)c2C(=O)c2c(CCO)cc([N+](=O)[O-])cc21. The summed E-state index contributed by atoms with van der Waals surface area (Å²) in [7, 11) is 0. The highest BCUT2D eigenvalue weighted by atomic mass is 16.6. The van der Waals surface area contributed by atoms with Gasteiger partial charge in [0.25, 0.3) is 11.4 Å². The number of aromatic hydroxyl groups is 1. The predicted molar refractivity (Wildman–Crippen MR) is 85.5 cm³/mol. The minimum atomic E-state index is -0.850. The molecule has 0 aliphatic heterocycles. The number of aliphatic hydroxyl groups is 1. The smallest absolute Gasteiger partial charge is 0.273 e. The van der Waals surface area contributed by atoms with E-state index < -0.39 is 56.3 Å². The number of benzene rings is 2. The van der Waals surface area contributed by atoms with Crippen molar-refractivity contribution in [3.63, 3.8) is 0 Å². The normalized spacial score (nSPS) is 12.5. The Balaban J connectivity index is 2.34. The first-order valence-electron chi connectivity index (χ1n) is 7.29. The van der Waals surface area contributed by atoms with E-state index in [1.165, 1.54) is 0 Å². The lowest BCUT2D eigenvalue weighted by molar-refractivity contribution is -0.385. The molecule has 0 aromatic heterocycles. The Morgan fingerprint density at radius 3 is 1.92 bits per heavy atom. The molecule has 2 aromatic carbocycles. The van der Waals surface area contributed by atoms with Crippen LogP contribution in [0.5, 0.6) is 5.75 Å². The van der Waals surface area contributed by atoms with Crippen LogP contribution in [0.2, 0.25) is 0 Å². The van der Waals surface area contributed by atoms with Gasteiger partial charge in [-0.2, -0.15) is 0 Å². The third-order valence-corrected chi connectivity index (χ3v) is 4.05. The van der Waals surface area contributed by atoms with Crippen LogP contribution in [0.25, 0.3) is 0 Å². The number of nitro benzene ring substituents is 2. The number of nitro groups is 2. The molecule has 2 aromatic rings. The fraction of sp³-hybridized carbons (Fsp3) is 0.125. The number of phenols is 1. The third kappa shape index (κ3) is 2.48. The Hall–Kier alpha value is -3.66. The molecule has 3 rings (SSSR count). The predicted octanol–water partition coefficient (Wildman–Crippen LogP) is 1.52. The van der Waals surface area contributed by atoms with Crippen molar-refractivity contribution in [1.29, 1.82) is 0 Å². The van der Waals surface area contributed by atoms with Crippen molar-refractivity contribution in [2.45, 2.75) is 6.42 Å². The highest BCUT2D eigenvalue weighted by Gasteiger charge is 2.37. The molecule has 0 amide bonds. The van der Waals surface area contributed by atoms with E-state index in [0.717, 1.165) is 24.3 Å². The molecule has 132 valence electrons. The number of fused-ring (bicyclic) bond motifs is 2.